The number of aliphatic hydroxyl groups excluding tert-OH is 2. The van der Waals surface area contributed by atoms with E-state index in [0.717, 1.165) is 0 Å². The second-order valence-corrected chi connectivity index (χ2v) is 5.56. The molecule has 5 heteroatoms. The molecule has 0 aromatic heterocycles. The van der Waals surface area contributed by atoms with E-state index in [2.05, 4.69) is 0 Å². The first kappa shape index (κ1) is 14.0. The Bertz CT molecular complexity index is 391. The molecule has 0 aliphatic rings. The predicted octanol–water partition coefficient (Wildman–Crippen LogP) is 0.360. The molecule has 94 valence electrons. The molecule has 3 atom stereocenters. The molecule has 0 amide bonds. The third-order valence-electron chi connectivity index (χ3n) is 2.39. The maximum atomic E-state index is 11.9. The van der Waals surface area contributed by atoms with E-state index in [4.69, 9.17) is 5.11 Å². The van der Waals surface area contributed by atoms with Gasteiger partial charge in [0.25, 0.3) is 0 Å². The molecule has 1 aromatic carbocycles. The van der Waals surface area contributed by atoms with Gasteiger partial charge in [-0.3, -0.25) is 9.00 Å². The van der Waals surface area contributed by atoms with Crippen molar-refractivity contribution in [1.82, 2.24) is 0 Å². The van der Waals surface area contributed by atoms with Gasteiger partial charge in [0.15, 0.2) is 5.78 Å². The Hall–Kier alpha value is -1.04. The number of Topliss-reactive ketones (excluding diaryl/α,β-unsaturated/α-hetero) is 1. The van der Waals surface area contributed by atoms with Gasteiger partial charge in [-0.2, -0.15) is 0 Å². The fraction of sp³-hybridized carbons (Fsp3) is 0.417. The molecule has 0 heterocycles. The summed E-state index contributed by atoms with van der Waals surface area (Å²) >= 11 is 0. The monoisotopic (exact) mass is 256 g/mol. The molecule has 0 radical (unpaired) electrons. The Morgan fingerprint density at radius 2 is 1.94 bits per heavy atom. The van der Waals surface area contributed by atoms with Crippen molar-refractivity contribution in [3.63, 3.8) is 0 Å². The van der Waals surface area contributed by atoms with Crippen LogP contribution in [0.4, 0.5) is 0 Å². The summed E-state index contributed by atoms with van der Waals surface area (Å²) in [4.78, 5) is 11.9. The van der Waals surface area contributed by atoms with Gasteiger partial charge in [-0.05, 0) is 6.92 Å². The van der Waals surface area contributed by atoms with Gasteiger partial charge in [0.2, 0.25) is 0 Å². The Labute approximate surface area is 103 Å². The summed E-state index contributed by atoms with van der Waals surface area (Å²) in [6.07, 6.45) is -1.04. The molecule has 0 saturated heterocycles. The largest absolute Gasteiger partial charge is 0.394 e. The molecule has 1 aromatic rings. The van der Waals surface area contributed by atoms with Gasteiger partial charge >= 0.3 is 0 Å². The maximum Gasteiger partial charge on any atom is 0.178 e. The molecule has 0 bridgehead atoms. The summed E-state index contributed by atoms with van der Waals surface area (Å²) in [6.45, 7) is 1.12. The summed E-state index contributed by atoms with van der Waals surface area (Å²) in [7, 11) is -1.48. The second kappa shape index (κ2) is 6.64. The topological polar surface area (TPSA) is 74.6 Å². The van der Waals surface area contributed by atoms with E-state index < -0.39 is 28.8 Å². The van der Waals surface area contributed by atoms with Gasteiger partial charge in [0.1, 0.15) is 0 Å². The van der Waals surface area contributed by atoms with Gasteiger partial charge in [0, 0.05) is 16.4 Å². The van der Waals surface area contributed by atoms with Crippen LogP contribution in [0.15, 0.2) is 30.3 Å². The Kier molecular flexibility index (Phi) is 5.47. The SMILES string of the molecule is CC(C(=O)c1ccccc1)S(=O)CC(O)CO. The summed E-state index contributed by atoms with van der Waals surface area (Å²) in [6, 6.07) is 8.61. The van der Waals surface area contributed by atoms with E-state index in [1.54, 1.807) is 37.3 Å². The fourth-order valence-electron chi connectivity index (χ4n) is 1.34. The normalized spacial score (nSPS) is 16.2. The third kappa shape index (κ3) is 4.03. The molecule has 3 unspecified atom stereocenters. The minimum absolute atomic E-state index is 0.0871. The lowest BCUT2D eigenvalue weighted by Gasteiger charge is -2.12. The van der Waals surface area contributed by atoms with E-state index in [9.17, 15) is 14.1 Å². The van der Waals surface area contributed by atoms with Crippen molar-refractivity contribution in [2.45, 2.75) is 18.3 Å². The summed E-state index contributed by atoms with van der Waals surface area (Å²) < 4.78 is 11.7. The van der Waals surface area contributed by atoms with Crippen LogP contribution in [0.25, 0.3) is 0 Å². The minimum Gasteiger partial charge on any atom is -0.394 e. The second-order valence-electron chi connectivity index (χ2n) is 3.76. The van der Waals surface area contributed by atoms with Crippen LogP contribution in [-0.2, 0) is 10.8 Å². The minimum atomic E-state index is -1.48. The van der Waals surface area contributed by atoms with E-state index in [1.165, 1.54) is 0 Å². The number of hydrogen-bond donors (Lipinski definition) is 2. The van der Waals surface area contributed by atoms with Crippen LogP contribution in [0.3, 0.4) is 0 Å². The number of hydrogen-bond acceptors (Lipinski definition) is 4. The molecular formula is C12H16O4S. The van der Waals surface area contributed by atoms with Crippen LogP contribution < -0.4 is 0 Å². The Balaban J connectivity index is 2.67. The number of carbonyl (C=O) groups excluding carboxylic acids is 1. The molecule has 0 fully saturated rings. The van der Waals surface area contributed by atoms with E-state index >= 15 is 0 Å². The maximum absolute atomic E-state index is 11.9. The smallest absolute Gasteiger partial charge is 0.178 e. The summed E-state index contributed by atoms with van der Waals surface area (Å²) in [5.74, 6) is -0.301. The zero-order valence-electron chi connectivity index (χ0n) is 9.57. The zero-order chi connectivity index (χ0) is 12.8. The van der Waals surface area contributed by atoms with Crippen LogP contribution in [0.1, 0.15) is 17.3 Å². The highest BCUT2D eigenvalue weighted by Gasteiger charge is 2.22. The Morgan fingerprint density at radius 3 is 2.47 bits per heavy atom. The van der Waals surface area contributed by atoms with Crippen LogP contribution in [-0.4, -0.2) is 43.9 Å². The lowest BCUT2D eigenvalue weighted by molar-refractivity contribution is 0.0990. The lowest BCUT2D eigenvalue weighted by atomic mass is 10.1. The van der Waals surface area contributed by atoms with E-state index in [-0.39, 0.29) is 11.5 Å². The first-order valence-electron chi connectivity index (χ1n) is 5.31. The summed E-state index contributed by atoms with van der Waals surface area (Å²) in [5, 5.41) is 17.1. The van der Waals surface area contributed by atoms with Gasteiger partial charge in [-0.25, -0.2) is 0 Å². The van der Waals surface area contributed by atoms with Crippen LogP contribution >= 0.6 is 0 Å². The number of aliphatic hydroxyl groups is 2. The fourth-order valence-corrected chi connectivity index (χ4v) is 2.49. The molecule has 0 spiro atoms. The van der Waals surface area contributed by atoms with Gasteiger partial charge < -0.3 is 10.2 Å². The molecule has 1 rings (SSSR count). The molecular weight excluding hydrogens is 240 g/mol. The quantitative estimate of drug-likeness (QED) is 0.721. The van der Waals surface area contributed by atoms with Gasteiger partial charge in [0.05, 0.1) is 23.7 Å². The van der Waals surface area contributed by atoms with Crippen LogP contribution in [0.5, 0.6) is 0 Å². The molecule has 0 saturated carbocycles. The highest BCUT2D eigenvalue weighted by Crippen LogP contribution is 2.09. The van der Waals surface area contributed by atoms with Crippen molar-refractivity contribution >= 4 is 16.6 Å². The first-order valence-corrected chi connectivity index (χ1v) is 6.69. The molecule has 2 N–H and O–H groups in total. The molecule has 17 heavy (non-hydrogen) atoms. The highest BCUT2D eigenvalue weighted by molar-refractivity contribution is 7.86. The van der Waals surface area contributed by atoms with Gasteiger partial charge in [-0.1, -0.05) is 30.3 Å². The average Bonchev–Trinajstić information content (AvgIpc) is 2.37. The van der Waals surface area contributed by atoms with Crippen molar-refractivity contribution in [3.05, 3.63) is 35.9 Å². The third-order valence-corrected chi connectivity index (χ3v) is 4.11. The van der Waals surface area contributed by atoms with Crippen LogP contribution in [0, 0.1) is 0 Å². The predicted molar refractivity (Wildman–Crippen MR) is 66.3 cm³/mol. The lowest BCUT2D eigenvalue weighted by Crippen LogP contribution is -2.30. The highest BCUT2D eigenvalue weighted by atomic mass is 32.2. The molecule has 0 aliphatic carbocycles. The number of benzene rings is 1. The van der Waals surface area contributed by atoms with Crippen molar-refractivity contribution < 1.29 is 19.2 Å². The first-order chi connectivity index (χ1) is 8.06. The van der Waals surface area contributed by atoms with Crippen LogP contribution in [0.2, 0.25) is 0 Å². The zero-order valence-corrected chi connectivity index (χ0v) is 10.4. The number of rotatable bonds is 6. The average molecular weight is 256 g/mol. The van der Waals surface area contributed by atoms with E-state index in [1.807, 2.05) is 0 Å². The molecule has 4 nitrogen and oxygen atoms in total. The number of ketones is 1. The van der Waals surface area contributed by atoms with Crippen molar-refractivity contribution in [2.24, 2.45) is 0 Å². The van der Waals surface area contributed by atoms with Gasteiger partial charge in [-0.15, -0.1) is 0 Å². The van der Waals surface area contributed by atoms with Crippen molar-refractivity contribution in [2.75, 3.05) is 12.4 Å². The molecule has 0 aliphatic heterocycles. The Morgan fingerprint density at radius 1 is 1.35 bits per heavy atom. The van der Waals surface area contributed by atoms with E-state index in [0.29, 0.717) is 5.56 Å². The van der Waals surface area contributed by atoms with Crippen molar-refractivity contribution in [3.8, 4) is 0 Å². The number of carbonyl (C=O) groups is 1. The standard InChI is InChI=1S/C12H16O4S/c1-9(17(16)8-11(14)7-13)12(15)10-5-3-2-4-6-10/h2-6,9,11,13-14H,7-8H2,1H3. The van der Waals surface area contributed by atoms with Crippen molar-refractivity contribution in [1.29, 1.82) is 0 Å². The summed E-state index contributed by atoms with van der Waals surface area (Å²) in [5.41, 5.74) is 0.506.